The average molecular weight is 384 g/mol. The zero-order valence-electron chi connectivity index (χ0n) is 17.2. The van der Waals surface area contributed by atoms with Gasteiger partial charge in [-0.1, -0.05) is 32.9 Å². The smallest absolute Gasteiger partial charge is 0.255 e. The van der Waals surface area contributed by atoms with Gasteiger partial charge in [-0.05, 0) is 39.0 Å². The second-order valence-electron chi connectivity index (χ2n) is 8.87. The number of ketones is 1. The molecule has 1 amide bonds. The number of rotatable bonds is 4. The zero-order valence-corrected chi connectivity index (χ0v) is 17.2. The molecule has 4 N–H and O–H groups in total. The average Bonchev–Trinajstić information content (AvgIpc) is 2.56. The van der Waals surface area contributed by atoms with E-state index in [1.165, 1.54) is 12.1 Å². The van der Waals surface area contributed by atoms with E-state index in [0.29, 0.717) is 16.8 Å². The molecule has 0 bridgehead atoms. The first kappa shape index (κ1) is 21.3. The molecule has 0 atom stereocenters. The Morgan fingerprint density at radius 2 is 1.29 bits per heavy atom. The lowest BCUT2D eigenvalue weighted by Crippen LogP contribution is -2.26. The summed E-state index contributed by atoms with van der Waals surface area (Å²) in [5, 5.41) is 25.8. The third kappa shape index (κ3) is 5.25. The summed E-state index contributed by atoms with van der Waals surface area (Å²) in [6.45, 7) is 11.3. The second-order valence-corrected chi connectivity index (χ2v) is 8.87. The van der Waals surface area contributed by atoms with Crippen LogP contribution in [0.5, 0.6) is 11.5 Å². The molecule has 0 radical (unpaired) electrons. The number of hydrogen-bond donors (Lipinski definition) is 4. The molecule has 0 aliphatic carbocycles. The van der Waals surface area contributed by atoms with E-state index in [4.69, 9.17) is 0 Å². The molecule has 6 nitrogen and oxygen atoms in total. The van der Waals surface area contributed by atoms with Crippen LogP contribution in [0.3, 0.4) is 0 Å². The van der Waals surface area contributed by atoms with Crippen LogP contribution in [0.1, 0.15) is 62.3 Å². The second kappa shape index (κ2) is 7.54. The Labute approximate surface area is 165 Å². The fraction of sp³-hybridized carbons (Fsp3) is 0.364. The molecule has 2 aromatic rings. The Morgan fingerprint density at radius 1 is 0.786 bits per heavy atom. The molecule has 28 heavy (non-hydrogen) atoms. The van der Waals surface area contributed by atoms with Crippen LogP contribution in [0, 0.1) is 5.41 Å². The van der Waals surface area contributed by atoms with Crippen LogP contribution >= 0.6 is 0 Å². The fourth-order valence-corrected chi connectivity index (χ4v) is 2.58. The topological polar surface area (TPSA) is 98.7 Å². The van der Waals surface area contributed by atoms with E-state index in [-0.39, 0.29) is 28.5 Å². The van der Waals surface area contributed by atoms with Crippen molar-refractivity contribution < 1.29 is 19.8 Å². The minimum atomic E-state index is -0.502. The van der Waals surface area contributed by atoms with Crippen LogP contribution in [0.4, 0.5) is 11.4 Å². The number of hydrogen-bond acceptors (Lipinski definition) is 5. The summed E-state index contributed by atoms with van der Waals surface area (Å²) in [7, 11) is 0. The SMILES string of the molecule is CC(C)(C)Nc1cc(NC(=O)c2ccc(C(=O)C(C)(C)C)cc2)c(O)cc1O. The first-order chi connectivity index (χ1) is 12.8. The number of aromatic hydroxyl groups is 2. The molecule has 0 spiro atoms. The number of nitrogens with one attached hydrogen (secondary N) is 2. The maximum absolute atomic E-state index is 12.5. The van der Waals surface area contributed by atoms with Crippen molar-refractivity contribution in [2.45, 2.75) is 47.1 Å². The molecule has 150 valence electrons. The standard InChI is InChI=1S/C22H28N2O4/c1-21(2,3)19(27)13-7-9-14(10-8-13)20(28)23-15-11-16(24-22(4,5)6)18(26)12-17(15)25/h7-12,24-26H,1-6H3,(H,23,28). The van der Waals surface area contributed by atoms with Gasteiger partial charge in [0, 0.05) is 28.1 Å². The maximum atomic E-state index is 12.5. The van der Waals surface area contributed by atoms with Crippen molar-refractivity contribution in [2.75, 3.05) is 10.6 Å². The Hall–Kier alpha value is -3.02. The lowest BCUT2D eigenvalue weighted by Gasteiger charge is -2.23. The molecular weight excluding hydrogens is 356 g/mol. The molecular formula is C22H28N2O4. The van der Waals surface area contributed by atoms with E-state index in [1.54, 1.807) is 24.3 Å². The summed E-state index contributed by atoms with van der Waals surface area (Å²) in [4.78, 5) is 24.8. The molecule has 6 heteroatoms. The van der Waals surface area contributed by atoms with E-state index in [1.807, 2.05) is 41.5 Å². The van der Waals surface area contributed by atoms with Gasteiger partial charge in [0.25, 0.3) is 5.91 Å². The van der Waals surface area contributed by atoms with Crippen molar-refractivity contribution in [3.63, 3.8) is 0 Å². The first-order valence-electron chi connectivity index (χ1n) is 9.08. The third-order valence-electron chi connectivity index (χ3n) is 3.96. The highest BCUT2D eigenvalue weighted by molar-refractivity contribution is 6.06. The normalized spacial score (nSPS) is 11.8. The van der Waals surface area contributed by atoms with Gasteiger partial charge >= 0.3 is 0 Å². The van der Waals surface area contributed by atoms with Gasteiger partial charge in [-0.3, -0.25) is 9.59 Å². The summed E-state index contributed by atoms with van der Waals surface area (Å²) in [5.74, 6) is -0.800. The van der Waals surface area contributed by atoms with Gasteiger partial charge in [0.2, 0.25) is 0 Å². The number of carbonyl (C=O) groups is 2. The highest BCUT2D eigenvalue weighted by Gasteiger charge is 2.23. The number of phenols is 2. The number of phenolic OH excluding ortho intramolecular Hbond substituents is 2. The largest absolute Gasteiger partial charge is 0.506 e. The van der Waals surface area contributed by atoms with E-state index in [9.17, 15) is 19.8 Å². The fourth-order valence-electron chi connectivity index (χ4n) is 2.58. The molecule has 0 aromatic heterocycles. The highest BCUT2D eigenvalue weighted by atomic mass is 16.3. The van der Waals surface area contributed by atoms with E-state index < -0.39 is 11.3 Å². The Bertz CT molecular complexity index is 888. The Balaban J connectivity index is 2.23. The van der Waals surface area contributed by atoms with Gasteiger partial charge < -0.3 is 20.8 Å². The van der Waals surface area contributed by atoms with E-state index in [2.05, 4.69) is 10.6 Å². The van der Waals surface area contributed by atoms with Gasteiger partial charge in [-0.2, -0.15) is 0 Å². The van der Waals surface area contributed by atoms with Crippen LogP contribution in [-0.4, -0.2) is 27.4 Å². The summed E-state index contributed by atoms with van der Waals surface area (Å²) in [5.41, 5.74) is 0.635. The molecule has 0 saturated carbocycles. The van der Waals surface area contributed by atoms with Crippen molar-refractivity contribution >= 4 is 23.1 Å². The third-order valence-corrected chi connectivity index (χ3v) is 3.96. The summed E-state index contributed by atoms with van der Waals surface area (Å²) in [6.07, 6.45) is 0. The van der Waals surface area contributed by atoms with Crippen molar-refractivity contribution in [3.8, 4) is 11.5 Å². The number of Topliss-reactive ketones (excluding diaryl/α,β-unsaturated/α-hetero) is 1. The molecule has 0 fully saturated rings. The monoisotopic (exact) mass is 384 g/mol. The van der Waals surface area contributed by atoms with Gasteiger partial charge in [-0.15, -0.1) is 0 Å². The van der Waals surface area contributed by atoms with Crippen LogP contribution in [-0.2, 0) is 0 Å². The minimum Gasteiger partial charge on any atom is -0.506 e. The zero-order chi connectivity index (χ0) is 21.3. The molecule has 2 rings (SSSR count). The molecule has 0 aliphatic rings. The van der Waals surface area contributed by atoms with Gasteiger partial charge in [0.05, 0.1) is 11.4 Å². The summed E-state index contributed by atoms with van der Waals surface area (Å²) in [6, 6.07) is 9.03. The summed E-state index contributed by atoms with van der Waals surface area (Å²) < 4.78 is 0. The van der Waals surface area contributed by atoms with Crippen molar-refractivity contribution in [2.24, 2.45) is 5.41 Å². The van der Waals surface area contributed by atoms with Crippen LogP contribution in [0.15, 0.2) is 36.4 Å². The molecule has 2 aromatic carbocycles. The van der Waals surface area contributed by atoms with Gasteiger partial charge in [0.15, 0.2) is 5.78 Å². The minimum absolute atomic E-state index is 0.00599. The van der Waals surface area contributed by atoms with Crippen LogP contribution in [0.2, 0.25) is 0 Å². The van der Waals surface area contributed by atoms with Crippen molar-refractivity contribution in [3.05, 3.63) is 47.5 Å². The molecule has 0 heterocycles. The molecule has 0 saturated heterocycles. The summed E-state index contributed by atoms with van der Waals surface area (Å²) >= 11 is 0. The first-order valence-corrected chi connectivity index (χ1v) is 9.08. The van der Waals surface area contributed by atoms with Crippen molar-refractivity contribution in [1.82, 2.24) is 0 Å². The van der Waals surface area contributed by atoms with Crippen molar-refractivity contribution in [1.29, 1.82) is 0 Å². The Kier molecular flexibility index (Phi) is 5.73. The van der Waals surface area contributed by atoms with Crippen LogP contribution in [0.25, 0.3) is 0 Å². The molecule has 0 aliphatic heterocycles. The van der Waals surface area contributed by atoms with E-state index in [0.717, 1.165) is 0 Å². The predicted octanol–water partition coefficient (Wildman–Crippen LogP) is 4.79. The number of carbonyl (C=O) groups excluding carboxylic acids is 2. The number of amides is 1. The quantitative estimate of drug-likeness (QED) is 0.345. The van der Waals surface area contributed by atoms with E-state index >= 15 is 0 Å². The predicted molar refractivity (Wildman–Crippen MR) is 111 cm³/mol. The highest BCUT2D eigenvalue weighted by Crippen LogP contribution is 2.36. The Morgan fingerprint density at radius 3 is 1.79 bits per heavy atom. The lowest BCUT2D eigenvalue weighted by atomic mass is 9.86. The van der Waals surface area contributed by atoms with Gasteiger partial charge in [0.1, 0.15) is 11.5 Å². The van der Waals surface area contributed by atoms with Crippen LogP contribution < -0.4 is 10.6 Å². The van der Waals surface area contributed by atoms with Gasteiger partial charge in [-0.25, -0.2) is 0 Å². The molecule has 0 unspecified atom stereocenters. The lowest BCUT2D eigenvalue weighted by molar-refractivity contribution is 0.0857. The number of benzene rings is 2. The maximum Gasteiger partial charge on any atom is 0.255 e. The number of anilines is 2.